The molecule has 0 unspecified atom stereocenters. The van der Waals surface area contributed by atoms with Crippen LogP contribution in [0.15, 0.2) is 0 Å². The van der Waals surface area contributed by atoms with Gasteiger partial charge in [-0.2, -0.15) is 0 Å². The van der Waals surface area contributed by atoms with Crippen LogP contribution in [0.2, 0.25) is 0 Å². The molecule has 0 aliphatic rings. The minimum Gasteiger partial charge on any atom is -0.294 e. The molecule has 0 saturated heterocycles. The van der Waals surface area contributed by atoms with E-state index in [9.17, 15) is 4.57 Å². The Kier molecular flexibility index (Phi) is 6.80. The summed E-state index contributed by atoms with van der Waals surface area (Å²) in [6.07, 6.45) is -0.227. The average molecular weight is 251 g/mol. The van der Waals surface area contributed by atoms with Gasteiger partial charge >= 0.3 is 7.75 Å². The highest BCUT2D eigenvalue weighted by atomic mass is 31.2. The molecule has 0 aromatic rings. The Morgan fingerprint density at radius 1 is 1.00 bits per heavy atom. The van der Waals surface area contributed by atoms with E-state index in [-0.39, 0.29) is 18.2 Å². The fourth-order valence-electron chi connectivity index (χ4n) is 1.50. The first-order valence-electron chi connectivity index (χ1n) is 5.96. The predicted molar refractivity (Wildman–Crippen MR) is 67.6 cm³/mol. The largest absolute Gasteiger partial charge is 0.408 e. The molecule has 0 N–H and O–H groups in total. The monoisotopic (exact) mass is 251 g/mol. The second-order valence-electron chi connectivity index (χ2n) is 4.63. The first kappa shape index (κ1) is 16.1. The highest BCUT2D eigenvalue weighted by molar-refractivity contribution is 7.51. The van der Waals surface area contributed by atoms with Gasteiger partial charge in [-0.3, -0.25) is 9.05 Å². The molecule has 0 spiro atoms. The summed E-state index contributed by atoms with van der Waals surface area (Å²) < 4.78 is 25.5. The van der Waals surface area contributed by atoms with Crippen LogP contribution in [-0.2, 0) is 13.6 Å². The summed E-state index contributed by atoms with van der Waals surface area (Å²) in [5, 5.41) is 0. The minimum absolute atomic E-state index is 0.114. The van der Waals surface area contributed by atoms with Crippen molar-refractivity contribution in [3.05, 3.63) is 0 Å². The van der Waals surface area contributed by atoms with Crippen molar-refractivity contribution in [1.82, 2.24) is 4.67 Å². The molecular weight excluding hydrogens is 225 g/mol. The summed E-state index contributed by atoms with van der Waals surface area (Å²) in [6.45, 7) is 14.0. The zero-order valence-corrected chi connectivity index (χ0v) is 12.5. The van der Waals surface area contributed by atoms with Crippen molar-refractivity contribution in [2.75, 3.05) is 6.54 Å². The molecule has 0 aromatic heterocycles. The highest BCUT2D eigenvalue weighted by Gasteiger charge is 2.36. The lowest BCUT2D eigenvalue weighted by Gasteiger charge is -2.34. The van der Waals surface area contributed by atoms with Gasteiger partial charge in [0.1, 0.15) is 0 Å². The number of hydrogen-bond donors (Lipinski definition) is 0. The van der Waals surface area contributed by atoms with Crippen LogP contribution >= 0.6 is 7.75 Å². The van der Waals surface area contributed by atoms with E-state index in [2.05, 4.69) is 0 Å². The van der Waals surface area contributed by atoms with Gasteiger partial charge in [-0.05, 0) is 41.5 Å². The predicted octanol–water partition coefficient (Wildman–Crippen LogP) is 3.67. The van der Waals surface area contributed by atoms with Crippen molar-refractivity contribution in [3.63, 3.8) is 0 Å². The summed E-state index contributed by atoms with van der Waals surface area (Å²) in [4.78, 5) is 0. The lowest BCUT2D eigenvalue weighted by Crippen LogP contribution is -2.31. The van der Waals surface area contributed by atoms with Crippen LogP contribution in [0, 0.1) is 0 Å². The summed E-state index contributed by atoms with van der Waals surface area (Å²) in [5.41, 5.74) is 0. The maximum absolute atomic E-state index is 12.7. The van der Waals surface area contributed by atoms with Gasteiger partial charge in [-0.15, -0.1) is 0 Å². The van der Waals surface area contributed by atoms with Gasteiger partial charge < -0.3 is 0 Å². The Morgan fingerprint density at radius 3 is 1.56 bits per heavy atom. The smallest absolute Gasteiger partial charge is 0.294 e. The van der Waals surface area contributed by atoms with Crippen LogP contribution < -0.4 is 0 Å². The molecule has 0 heterocycles. The fourth-order valence-corrected chi connectivity index (χ4v) is 3.77. The standard InChI is InChI=1S/C11H26NO3P/c1-8-12(9(2)3)16(13,14-10(4)5)15-11(6)7/h9-11H,8H2,1-7H3. The van der Waals surface area contributed by atoms with Crippen molar-refractivity contribution in [3.8, 4) is 0 Å². The third-order valence-corrected chi connectivity index (χ3v) is 4.67. The average Bonchev–Trinajstić information content (AvgIpc) is 1.99. The third kappa shape index (κ3) is 4.96. The second kappa shape index (κ2) is 6.75. The van der Waals surface area contributed by atoms with Crippen LogP contribution in [-0.4, -0.2) is 29.5 Å². The summed E-state index contributed by atoms with van der Waals surface area (Å²) in [7, 11) is -3.16. The van der Waals surface area contributed by atoms with E-state index in [1.807, 2.05) is 48.5 Å². The maximum atomic E-state index is 12.7. The second-order valence-corrected chi connectivity index (χ2v) is 6.50. The number of hydrogen-bond acceptors (Lipinski definition) is 3. The van der Waals surface area contributed by atoms with Crippen LogP contribution in [0.25, 0.3) is 0 Å². The molecular formula is C11H26NO3P. The van der Waals surface area contributed by atoms with Gasteiger partial charge in [0.2, 0.25) is 0 Å². The van der Waals surface area contributed by atoms with E-state index in [0.29, 0.717) is 6.54 Å². The molecule has 5 heteroatoms. The Bertz CT molecular complexity index is 227. The molecule has 0 rings (SSSR count). The normalized spacial score (nSPS) is 13.4. The van der Waals surface area contributed by atoms with E-state index in [1.54, 1.807) is 4.67 Å². The van der Waals surface area contributed by atoms with Gasteiger partial charge in [-0.1, -0.05) is 6.92 Å². The third-order valence-electron chi connectivity index (χ3n) is 1.92. The van der Waals surface area contributed by atoms with Gasteiger partial charge in [0.15, 0.2) is 0 Å². The lowest BCUT2D eigenvalue weighted by atomic mass is 10.4. The quantitative estimate of drug-likeness (QED) is 0.647. The van der Waals surface area contributed by atoms with Crippen molar-refractivity contribution >= 4 is 7.75 Å². The zero-order valence-electron chi connectivity index (χ0n) is 11.6. The molecule has 0 saturated carbocycles. The first-order valence-corrected chi connectivity index (χ1v) is 7.46. The Hall–Kier alpha value is 0.110. The van der Waals surface area contributed by atoms with E-state index in [1.165, 1.54) is 0 Å². The Balaban J connectivity index is 4.95. The number of rotatable bonds is 7. The Labute approximate surface area is 99.9 Å². The van der Waals surface area contributed by atoms with Gasteiger partial charge in [-0.25, -0.2) is 9.24 Å². The molecule has 0 amide bonds. The van der Waals surface area contributed by atoms with Crippen LogP contribution in [0.5, 0.6) is 0 Å². The van der Waals surface area contributed by atoms with Gasteiger partial charge in [0, 0.05) is 12.6 Å². The van der Waals surface area contributed by atoms with E-state index < -0.39 is 7.75 Å². The van der Waals surface area contributed by atoms with E-state index >= 15 is 0 Å². The summed E-state index contributed by atoms with van der Waals surface area (Å²) >= 11 is 0. The van der Waals surface area contributed by atoms with E-state index in [0.717, 1.165) is 0 Å². The molecule has 0 fully saturated rings. The Morgan fingerprint density at radius 2 is 1.38 bits per heavy atom. The molecule has 4 nitrogen and oxygen atoms in total. The first-order chi connectivity index (χ1) is 7.23. The maximum Gasteiger partial charge on any atom is 0.408 e. The molecule has 98 valence electrons. The van der Waals surface area contributed by atoms with Crippen molar-refractivity contribution in [2.24, 2.45) is 0 Å². The highest BCUT2D eigenvalue weighted by Crippen LogP contribution is 2.54. The fraction of sp³-hybridized carbons (Fsp3) is 1.00. The van der Waals surface area contributed by atoms with Crippen molar-refractivity contribution < 1.29 is 13.6 Å². The molecule has 0 aliphatic heterocycles. The van der Waals surface area contributed by atoms with Crippen LogP contribution in [0.4, 0.5) is 0 Å². The van der Waals surface area contributed by atoms with Crippen molar-refractivity contribution in [2.45, 2.75) is 66.7 Å². The molecule has 0 aromatic carbocycles. The summed E-state index contributed by atoms with van der Waals surface area (Å²) in [6, 6.07) is 0.133. The summed E-state index contributed by atoms with van der Waals surface area (Å²) in [5.74, 6) is 0. The minimum atomic E-state index is -3.16. The van der Waals surface area contributed by atoms with E-state index in [4.69, 9.17) is 9.05 Å². The molecule has 0 aliphatic carbocycles. The topological polar surface area (TPSA) is 38.8 Å². The molecule has 0 bridgehead atoms. The van der Waals surface area contributed by atoms with Gasteiger partial charge in [0.25, 0.3) is 0 Å². The van der Waals surface area contributed by atoms with Gasteiger partial charge in [0.05, 0.1) is 12.2 Å². The van der Waals surface area contributed by atoms with Crippen LogP contribution in [0.1, 0.15) is 48.5 Å². The molecule has 0 radical (unpaired) electrons. The lowest BCUT2D eigenvalue weighted by molar-refractivity contribution is 0.0996. The molecule has 16 heavy (non-hydrogen) atoms. The SMILES string of the molecule is CCN(C(C)C)P(=O)(OC(C)C)OC(C)C. The zero-order chi connectivity index (χ0) is 12.9. The molecule has 0 atom stereocenters. The number of nitrogens with zero attached hydrogens (tertiary/aromatic N) is 1. The van der Waals surface area contributed by atoms with Crippen molar-refractivity contribution in [1.29, 1.82) is 0 Å². The van der Waals surface area contributed by atoms with Crippen LogP contribution in [0.3, 0.4) is 0 Å².